The van der Waals surface area contributed by atoms with E-state index in [1.807, 2.05) is 6.92 Å². The molecule has 0 saturated heterocycles. The monoisotopic (exact) mass is 592 g/mol. The van der Waals surface area contributed by atoms with Crippen molar-refractivity contribution < 1.29 is 52.7 Å². The second kappa shape index (κ2) is 10.1. The number of benzene rings is 4. The molecule has 0 aromatic heterocycles. The van der Waals surface area contributed by atoms with Gasteiger partial charge >= 0.3 is 24.7 Å². The Morgan fingerprint density at radius 1 is 0.390 bits per heavy atom. The summed E-state index contributed by atoms with van der Waals surface area (Å²) in [6, 6.07) is 11.7. The van der Waals surface area contributed by atoms with E-state index in [0.29, 0.717) is 11.1 Å². The number of aryl methyl sites for hydroxylation is 1. The third-order valence-corrected chi connectivity index (χ3v) is 6.27. The van der Waals surface area contributed by atoms with Crippen molar-refractivity contribution in [3.63, 3.8) is 0 Å². The van der Waals surface area contributed by atoms with Crippen molar-refractivity contribution in [3.05, 3.63) is 107 Å². The van der Waals surface area contributed by atoms with E-state index >= 15 is 0 Å². The predicted octanol–water partition coefficient (Wildman–Crippen LogP) is 11.1. The Morgan fingerprint density at radius 3 is 1.22 bits per heavy atom. The molecular formula is C29H16F12. The summed E-state index contributed by atoms with van der Waals surface area (Å²) in [4.78, 5) is 0. The Morgan fingerprint density at radius 2 is 0.805 bits per heavy atom. The van der Waals surface area contributed by atoms with Crippen LogP contribution in [0.5, 0.6) is 0 Å². The first kappa shape index (κ1) is 30.0. The normalized spacial score (nSPS) is 13.0. The Kier molecular flexibility index (Phi) is 7.43. The van der Waals surface area contributed by atoms with E-state index < -0.39 is 69.2 Å². The van der Waals surface area contributed by atoms with Crippen LogP contribution in [-0.2, 0) is 24.7 Å². The molecule has 0 N–H and O–H groups in total. The highest BCUT2D eigenvalue weighted by Gasteiger charge is 2.43. The Hall–Kier alpha value is -3.96. The lowest BCUT2D eigenvalue weighted by atomic mass is 9.87. The molecule has 0 heterocycles. The summed E-state index contributed by atoms with van der Waals surface area (Å²) >= 11 is 0. The summed E-state index contributed by atoms with van der Waals surface area (Å²) < 4.78 is 165. The zero-order chi connectivity index (χ0) is 30.5. The standard InChI is InChI=1S/C29H16F12/c1-15-2-4-16(5-3-15)17-6-8-18(9-7-17)25-23(28(36,37)38)12-19(13-24(25)29(39,40)41)21-11-10-20(26(30,31)32)14-22(21)27(33,34)35/h2-14H,1H3. The van der Waals surface area contributed by atoms with Crippen LogP contribution < -0.4 is 0 Å². The topological polar surface area (TPSA) is 0 Å². The molecule has 12 heteroatoms. The lowest BCUT2D eigenvalue weighted by Crippen LogP contribution is -2.16. The van der Waals surface area contributed by atoms with Crippen molar-refractivity contribution in [3.8, 4) is 33.4 Å². The van der Waals surface area contributed by atoms with Gasteiger partial charge in [-0.2, -0.15) is 52.7 Å². The van der Waals surface area contributed by atoms with Gasteiger partial charge < -0.3 is 0 Å². The van der Waals surface area contributed by atoms with Crippen molar-refractivity contribution in [2.24, 2.45) is 0 Å². The van der Waals surface area contributed by atoms with Gasteiger partial charge in [-0.25, -0.2) is 0 Å². The van der Waals surface area contributed by atoms with Gasteiger partial charge in [0.15, 0.2) is 0 Å². The maximum atomic E-state index is 14.2. The van der Waals surface area contributed by atoms with Gasteiger partial charge in [0.1, 0.15) is 0 Å². The molecule has 0 aliphatic rings. The minimum absolute atomic E-state index is 0.0797. The molecule has 0 aliphatic heterocycles. The van der Waals surface area contributed by atoms with Crippen LogP contribution in [0, 0.1) is 6.92 Å². The number of rotatable bonds is 3. The highest BCUT2D eigenvalue weighted by molar-refractivity contribution is 5.81. The number of hydrogen-bond acceptors (Lipinski definition) is 0. The molecule has 0 nitrogen and oxygen atoms in total. The van der Waals surface area contributed by atoms with Gasteiger partial charge in [0.2, 0.25) is 0 Å². The van der Waals surface area contributed by atoms with Crippen molar-refractivity contribution in [2.45, 2.75) is 31.6 Å². The summed E-state index contributed by atoms with van der Waals surface area (Å²) in [5.41, 5.74) is -9.92. The first-order valence-corrected chi connectivity index (χ1v) is 11.6. The third-order valence-electron chi connectivity index (χ3n) is 6.27. The van der Waals surface area contributed by atoms with Crippen LogP contribution in [0.2, 0.25) is 0 Å². The third kappa shape index (κ3) is 6.36. The average Bonchev–Trinajstić information content (AvgIpc) is 2.86. The van der Waals surface area contributed by atoms with Gasteiger partial charge in [-0.05, 0) is 59.0 Å². The van der Waals surface area contributed by atoms with Gasteiger partial charge in [-0.15, -0.1) is 0 Å². The Labute approximate surface area is 224 Å². The fourth-order valence-corrected chi connectivity index (χ4v) is 4.34. The van der Waals surface area contributed by atoms with Gasteiger partial charge in [0.25, 0.3) is 0 Å². The molecule has 4 aromatic rings. The summed E-state index contributed by atoms with van der Waals surface area (Å²) in [6.45, 7) is 1.82. The van der Waals surface area contributed by atoms with Crippen LogP contribution in [-0.4, -0.2) is 0 Å². The molecule has 0 saturated carbocycles. The van der Waals surface area contributed by atoms with Gasteiger partial charge in [-0.1, -0.05) is 60.2 Å². The number of hydrogen-bond donors (Lipinski definition) is 0. The minimum Gasteiger partial charge on any atom is -0.166 e. The van der Waals surface area contributed by atoms with Gasteiger partial charge in [0, 0.05) is 5.56 Å². The van der Waals surface area contributed by atoms with E-state index in [2.05, 4.69) is 0 Å². The van der Waals surface area contributed by atoms with Gasteiger partial charge in [-0.3, -0.25) is 0 Å². The summed E-state index contributed by atoms with van der Waals surface area (Å²) in [5.74, 6) is 0. The Balaban J connectivity index is 1.99. The number of halogens is 12. The van der Waals surface area contributed by atoms with E-state index in [9.17, 15) is 52.7 Å². The van der Waals surface area contributed by atoms with E-state index in [1.54, 1.807) is 24.3 Å². The molecule has 0 unspecified atom stereocenters. The molecule has 0 radical (unpaired) electrons. The molecular weight excluding hydrogens is 576 g/mol. The summed E-state index contributed by atoms with van der Waals surface area (Å²) in [5, 5.41) is 0. The maximum Gasteiger partial charge on any atom is 0.417 e. The lowest BCUT2D eigenvalue weighted by Gasteiger charge is -2.23. The van der Waals surface area contributed by atoms with Crippen molar-refractivity contribution in [2.75, 3.05) is 0 Å². The van der Waals surface area contributed by atoms with Crippen LogP contribution in [0.4, 0.5) is 52.7 Å². The van der Waals surface area contributed by atoms with E-state index in [1.165, 1.54) is 12.1 Å². The fraction of sp³-hybridized carbons (Fsp3) is 0.172. The first-order valence-electron chi connectivity index (χ1n) is 11.6. The summed E-state index contributed by atoms with van der Waals surface area (Å²) in [6.07, 6.45) is -21.7. The molecule has 0 aliphatic carbocycles. The first-order chi connectivity index (χ1) is 18.8. The molecule has 41 heavy (non-hydrogen) atoms. The SMILES string of the molecule is Cc1ccc(-c2ccc(-c3c(C(F)(F)F)cc(-c4ccc(C(F)(F)F)cc4C(F)(F)F)cc3C(F)(F)F)cc2)cc1. The largest absolute Gasteiger partial charge is 0.417 e. The van der Waals surface area contributed by atoms with Crippen LogP contribution in [0.25, 0.3) is 33.4 Å². The molecule has 0 bridgehead atoms. The van der Waals surface area contributed by atoms with Crippen LogP contribution >= 0.6 is 0 Å². The number of alkyl halides is 12. The molecule has 0 fully saturated rings. The summed E-state index contributed by atoms with van der Waals surface area (Å²) in [7, 11) is 0. The molecule has 0 amide bonds. The zero-order valence-electron chi connectivity index (χ0n) is 20.5. The fourth-order valence-electron chi connectivity index (χ4n) is 4.34. The zero-order valence-corrected chi connectivity index (χ0v) is 20.5. The van der Waals surface area contributed by atoms with E-state index in [-0.39, 0.29) is 30.3 Å². The second-order valence-electron chi connectivity index (χ2n) is 9.14. The van der Waals surface area contributed by atoms with Crippen molar-refractivity contribution in [1.82, 2.24) is 0 Å². The quantitative estimate of drug-likeness (QED) is 0.208. The van der Waals surface area contributed by atoms with E-state index in [0.717, 1.165) is 17.7 Å². The molecule has 4 aromatic carbocycles. The highest BCUT2D eigenvalue weighted by Crippen LogP contribution is 2.49. The maximum absolute atomic E-state index is 14.2. The van der Waals surface area contributed by atoms with Crippen molar-refractivity contribution in [1.29, 1.82) is 0 Å². The Bertz CT molecular complexity index is 1520. The van der Waals surface area contributed by atoms with Crippen LogP contribution in [0.1, 0.15) is 27.8 Å². The molecule has 4 rings (SSSR count). The van der Waals surface area contributed by atoms with Gasteiger partial charge in [0.05, 0.1) is 22.3 Å². The lowest BCUT2D eigenvalue weighted by molar-refractivity contribution is -0.143. The highest BCUT2D eigenvalue weighted by atomic mass is 19.4. The minimum atomic E-state index is -5.53. The molecule has 216 valence electrons. The molecule has 0 spiro atoms. The van der Waals surface area contributed by atoms with Crippen LogP contribution in [0.15, 0.2) is 78.9 Å². The smallest absolute Gasteiger partial charge is 0.166 e. The predicted molar refractivity (Wildman–Crippen MR) is 127 cm³/mol. The second-order valence-corrected chi connectivity index (χ2v) is 9.14. The van der Waals surface area contributed by atoms with Crippen LogP contribution in [0.3, 0.4) is 0 Å². The van der Waals surface area contributed by atoms with E-state index in [4.69, 9.17) is 0 Å². The molecule has 0 atom stereocenters. The van der Waals surface area contributed by atoms with Crippen molar-refractivity contribution >= 4 is 0 Å². The average molecular weight is 592 g/mol.